The number of carbonyl (C=O) groups is 1. The average Bonchev–Trinajstić information content (AvgIpc) is 2.25. The van der Waals surface area contributed by atoms with E-state index in [9.17, 15) is 18.3 Å². The highest BCUT2D eigenvalue weighted by Gasteiger charge is 2.36. The Hall–Kier alpha value is -1.40. The Bertz CT molecular complexity index is 655. The Balaban J connectivity index is 3.20. The fourth-order valence-electron chi connectivity index (χ4n) is 1.58. The maximum Gasteiger partial charge on any atom is 0.252 e. The fraction of sp³-hybridized carbons (Fsp3) is 0.533. The van der Waals surface area contributed by atoms with E-state index in [0.29, 0.717) is 5.56 Å². The van der Waals surface area contributed by atoms with E-state index in [2.05, 4.69) is 5.32 Å². The lowest BCUT2D eigenvalue weighted by molar-refractivity contribution is -0.00294. The Morgan fingerprint density at radius 3 is 2.14 bits per heavy atom. The van der Waals surface area contributed by atoms with Gasteiger partial charge in [-0.15, -0.1) is 0 Å². The highest BCUT2D eigenvalue weighted by Crippen LogP contribution is 2.22. The van der Waals surface area contributed by atoms with Crippen LogP contribution in [0.25, 0.3) is 0 Å². The molecule has 118 valence electrons. The van der Waals surface area contributed by atoms with Crippen molar-refractivity contribution < 1.29 is 18.3 Å². The van der Waals surface area contributed by atoms with E-state index in [0.717, 1.165) is 6.26 Å². The summed E-state index contributed by atoms with van der Waals surface area (Å²) in [5.74, 6) is -0.412. The first kappa shape index (κ1) is 17.7. The molecule has 0 aromatic heterocycles. The van der Waals surface area contributed by atoms with Gasteiger partial charge in [-0.1, -0.05) is 6.07 Å². The van der Waals surface area contributed by atoms with Crippen LogP contribution in [0.3, 0.4) is 0 Å². The molecular weight excluding hydrogens is 290 g/mol. The number of hydrogen-bond donors (Lipinski definition) is 2. The van der Waals surface area contributed by atoms with Crippen LogP contribution in [0.1, 0.15) is 43.6 Å². The molecule has 0 aliphatic heterocycles. The van der Waals surface area contributed by atoms with E-state index in [1.807, 2.05) is 0 Å². The van der Waals surface area contributed by atoms with E-state index in [1.165, 1.54) is 12.1 Å². The molecule has 0 unspecified atom stereocenters. The lowest BCUT2D eigenvalue weighted by atomic mass is 9.85. The largest absolute Gasteiger partial charge is 0.388 e. The van der Waals surface area contributed by atoms with E-state index in [1.54, 1.807) is 40.7 Å². The third-order valence-electron chi connectivity index (χ3n) is 3.84. The normalized spacial score (nSPS) is 13.1. The summed E-state index contributed by atoms with van der Waals surface area (Å²) in [5.41, 5.74) is -1.02. The lowest BCUT2D eigenvalue weighted by Crippen LogP contribution is -2.57. The second-order valence-electron chi connectivity index (χ2n) is 6.39. The van der Waals surface area contributed by atoms with Gasteiger partial charge in [0, 0.05) is 11.8 Å². The molecule has 0 saturated carbocycles. The topological polar surface area (TPSA) is 83.5 Å². The monoisotopic (exact) mass is 313 g/mol. The number of hydrogen-bond acceptors (Lipinski definition) is 4. The van der Waals surface area contributed by atoms with E-state index < -0.39 is 26.9 Å². The second kappa shape index (κ2) is 5.42. The molecule has 1 aromatic rings. The van der Waals surface area contributed by atoms with Gasteiger partial charge in [-0.3, -0.25) is 4.79 Å². The van der Waals surface area contributed by atoms with Crippen molar-refractivity contribution in [2.24, 2.45) is 0 Å². The minimum absolute atomic E-state index is 0.0966. The molecule has 2 N–H and O–H groups in total. The van der Waals surface area contributed by atoms with Gasteiger partial charge in [0.05, 0.1) is 16.0 Å². The quantitative estimate of drug-likeness (QED) is 0.886. The minimum atomic E-state index is -3.38. The summed E-state index contributed by atoms with van der Waals surface area (Å²) in [7, 11) is -3.38. The number of benzene rings is 1. The Kier molecular flexibility index (Phi) is 4.56. The van der Waals surface area contributed by atoms with Crippen molar-refractivity contribution >= 4 is 15.7 Å². The molecule has 5 nitrogen and oxygen atoms in total. The predicted octanol–water partition coefficient (Wildman–Crippen LogP) is 1.68. The Morgan fingerprint density at radius 1 is 1.19 bits per heavy atom. The van der Waals surface area contributed by atoms with Gasteiger partial charge < -0.3 is 10.4 Å². The fourth-order valence-corrected chi connectivity index (χ4v) is 2.23. The standard InChI is InChI=1S/C15H23NO4S/c1-10-7-8-11(21(6,19)20)9-12(10)13(17)16-14(2,3)15(4,5)18/h7-9,18H,1-6H3,(H,16,17). The number of sulfone groups is 1. The molecule has 21 heavy (non-hydrogen) atoms. The van der Waals surface area contributed by atoms with Crippen molar-refractivity contribution in [3.63, 3.8) is 0 Å². The molecule has 0 spiro atoms. The van der Waals surface area contributed by atoms with Crippen molar-refractivity contribution in [2.75, 3.05) is 6.26 Å². The van der Waals surface area contributed by atoms with Crippen LogP contribution < -0.4 is 5.32 Å². The molecule has 0 aliphatic carbocycles. The third kappa shape index (κ3) is 4.04. The van der Waals surface area contributed by atoms with Crippen LogP contribution in [0.5, 0.6) is 0 Å². The predicted molar refractivity (Wildman–Crippen MR) is 82.1 cm³/mol. The third-order valence-corrected chi connectivity index (χ3v) is 4.95. The van der Waals surface area contributed by atoms with Crippen LogP contribution in [-0.4, -0.2) is 36.8 Å². The molecule has 0 radical (unpaired) electrons. The van der Waals surface area contributed by atoms with Crippen LogP contribution in [0, 0.1) is 6.92 Å². The number of aliphatic hydroxyl groups is 1. The van der Waals surface area contributed by atoms with Crippen LogP contribution in [-0.2, 0) is 9.84 Å². The number of aryl methyl sites for hydroxylation is 1. The molecule has 0 aliphatic rings. The summed E-state index contributed by atoms with van der Waals surface area (Å²) in [6.45, 7) is 8.36. The van der Waals surface area contributed by atoms with Gasteiger partial charge in [-0.2, -0.15) is 0 Å². The van der Waals surface area contributed by atoms with Gasteiger partial charge in [0.2, 0.25) is 0 Å². The smallest absolute Gasteiger partial charge is 0.252 e. The summed E-state index contributed by atoms with van der Waals surface area (Å²) in [6.07, 6.45) is 1.10. The SMILES string of the molecule is Cc1ccc(S(C)(=O)=O)cc1C(=O)NC(C)(C)C(C)(C)O. The molecule has 6 heteroatoms. The maximum atomic E-state index is 12.4. The van der Waals surface area contributed by atoms with Crippen molar-refractivity contribution in [1.29, 1.82) is 0 Å². The average molecular weight is 313 g/mol. The molecule has 0 saturated heterocycles. The van der Waals surface area contributed by atoms with Crippen molar-refractivity contribution in [2.45, 2.75) is 50.7 Å². The summed E-state index contributed by atoms with van der Waals surface area (Å²) in [5, 5.41) is 12.8. The van der Waals surface area contributed by atoms with Crippen LogP contribution >= 0.6 is 0 Å². The summed E-state index contributed by atoms with van der Waals surface area (Å²) in [6, 6.07) is 4.44. The highest BCUT2D eigenvalue weighted by molar-refractivity contribution is 7.90. The van der Waals surface area contributed by atoms with Gasteiger partial charge in [-0.05, 0) is 52.3 Å². The first-order valence-electron chi connectivity index (χ1n) is 6.61. The molecule has 1 rings (SSSR count). The van der Waals surface area contributed by atoms with Crippen molar-refractivity contribution in [3.05, 3.63) is 29.3 Å². The molecule has 0 heterocycles. The molecule has 0 bridgehead atoms. The number of carbonyl (C=O) groups excluding carboxylic acids is 1. The van der Waals surface area contributed by atoms with Crippen LogP contribution in [0.2, 0.25) is 0 Å². The van der Waals surface area contributed by atoms with E-state index >= 15 is 0 Å². The van der Waals surface area contributed by atoms with Gasteiger partial charge in [-0.25, -0.2) is 8.42 Å². The number of amides is 1. The van der Waals surface area contributed by atoms with E-state index in [4.69, 9.17) is 0 Å². The number of nitrogens with one attached hydrogen (secondary N) is 1. The maximum absolute atomic E-state index is 12.4. The first-order valence-corrected chi connectivity index (χ1v) is 8.50. The zero-order valence-electron chi connectivity index (χ0n) is 13.3. The lowest BCUT2D eigenvalue weighted by Gasteiger charge is -2.38. The zero-order valence-corrected chi connectivity index (χ0v) is 14.1. The van der Waals surface area contributed by atoms with Crippen molar-refractivity contribution in [1.82, 2.24) is 5.32 Å². The molecule has 1 amide bonds. The van der Waals surface area contributed by atoms with Gasteiger partial charge >= 0.3 is 0 Å². The molecule has 1 aromatic carbocycles. The molecule has 0 atom stereocenters. The first-order chi connectivity index (χ1) is 9.25. The summed E-state index contributed by atoms with van der Waals surface area (Å²) in [4.78, 5) is 12.5. The molecule has 0 fully saturated rings. The summed E-state index contributed by atoms with van der Waals surface area (Å²) >= 11 is 0. The summed E-state index contributed by atoms with van der Waals surface area (Å²) < 4.78 is 23.2. The van der Waals surface area contributed by atoms with Gasteiger partial charge in [0.25, 0.3) is 5.91 Å². The minimum Gasteiger partial charge on any atom is -0.388 e. The van der Waals surface area contributed by atoms with E-state index in [-0.39, 0.29) is 10.5 Å². The zero-order chi connectivity index (χ0) is 16.6. The number of rotatable bonds is 4. The molecular formula is C15H23NO4S. The van der Waals surface area contributed by atoms with Crippen LogP contribution in [0.4, 0.5) is 0 Å². The van der Waals surface area contributed by atoms with Crippen LogP contribution in [0.15, 0.2) is 23.1 Å². The van der Waals surface area contributed by atoms with Gasteiger partial charge in [0.1, 0.15) is 0 Å². The second-order valence-corrected chi connectivity index (χ2v) is 8.40. The van der Waals surface area contributed by atoms with Gasteiger partial charge in [0.15, 0.2) is 9.84 Å². The highest BCUT2D eigenvalue weighted by atomic mass is 32.2. The van der Waals surface area contributed by atoms with Crippen molar-refractivity contribution in [3.8, 4) is 0 Å². The Labute approximate surface area is 126 Å². The Morgan fingerprint density at radius 2 is 1.71 bits per heavy atom.